The van der Waals surface area contributed by atoms with Crippen LogP contribution in [0.15, 0.2) is 48.8 Å². The van der Waals surface area contributed by atoms with Gasteiger partial charge >= 0.3 is 0 Å². The van der Waals surface area contributed by atoms with Gasteiger partial charge in [-0.2, -0.15) is 5.10 Å². The highest BCUT2D eigenvalue weighted by Crippen LogP contribution is 2.27. The van der Waals surface area contributed by atoms with Crippen molar-refractivity contribution >= 4 is 21.4 Å². The summed E-state index contributed by atoms with van der Waals surface area (Å²) in [5.74, 6) is 0.839. The van der Waals surface area contributed by atoms with E-state index in [-0.39, 0.29) is 5.75 Å². The van der Waals surface area contributed by atoms with E-state index in [0.717, 1.165) is 26.6 Å². The van der Waals surface area contributed by atoms with Gasteiger partial charge in [-0.15, -0.1) is 11.3 Å². The summed E-state index contributed by atoms with van der Waals surface area (Å²) in [7, 11) is 0.198. The molecule has 0 aliphatic carbocycles. The number of sulfonamides is 1. The van der Waals surface area contributed by atoms with Crippen molar-refractivity contribution in [3.05, 3.63) is 59.2 Å². The first kappa shape index (κ1) is 19.6. The Morgan fingerprint density at radius 3 is 2.59 bits per heavy atom. The molecule has 2 heterocycles. The van der Waals surface area contributed by atoms with Crippen LogP contribution in [0.1, 0.15) is 10.4 Å². The summed E-state index contributed by atoms with van der Waals surface area (Å²) >= 11 is 1.66. The molecule has 0 saturated heterocycles. The van der Waals surface area contributed by atoms with Crippen molar-refractivity contribution in [3.63, 3.8) is 0 Å². The third-order valence-corrected chi connectivity index (χ3v) is 6.74. The molecule has 3 aromatic rings. The van der Waals surface area contributed by atoms with E-state index in [1.807, 2.05) is 49.8 Å². The van der Waals surface area contributed by atoms with E-state index in [4.69, 9.17) is 4.74 Å². The minimum atomic E-state index is -3.30. The second-order valence-electron chi connectivity index (χ2n) is 6.23. The third kappa shape index (κ3) is 5.66. The lowest BCUT2D eigenvalue weighted by Gasteiger charge is -2.07. The molecule has 27 heavy (non-hydrogen) atoms. The van der Waals surface area contributed by atoms with Gasteiger partial charge in [0.2, 0.25) is 10.0 Å². The molecule has 0 bridgehead atoms. The molecule has 0 atom stereocenters. The molecule has 8 heteroatoms. The monoisotopic (exact) mass is 405 g/mol. The van der Waals surface area contributed by atoms with E-state index in [9.17, 15) is 8.42 Å². The lowest BCUT2D eigenvalue weighted by molar-refractivity contribution is 0.414. The molecule has 2 aromatic heterocycles. The number of rotatable bonds is 9. The van der Waals surface area contributed by atoms with Crippen molar-refractivity contribution in [2.24, 2.45) is 7.05 Å². The first-order valence-electron chi connectivity index (χ1n) is 8.63. The van der Waals surface area contributed by atoms with Crippen molar-refractivity contribution < 1.29 is 13.2 Å². The zero-order valence-corrected chi connectivity index (χ0v) is 17.0. The van der Waals surface area contributed by atoms with Crippen LogP contribution < -0.4 is 9.46 Å². The first-order valence-corrected chi connectivity index (χ1v) is 11.1. The Morgan fingerprint density at radius 2 is 1.93 bits per heavy atom. The van der Waals surface area contributed by atoms with E-state index in [1.165, 1.54) is 0 Å². The number of nitrogens with zero attached hydrogens (tertiary/aromatic N) is 2. The molecule has 1 aromatic carbocycles. The number of ether oxygens (including phenoxy) is 1. The maximum atomic E-state index is 12.2. The first-order chi connectivity index (χ1) is 12.9. The van der Waals surface area contributed by atoms with Crippen molar-refractivity contribution in [1.82, 2.24) is 14.5 Å². The normalized spacial score (nSPS) is 11.6. The highest BCUT2D eigenvalue weighted by Gasteiger charge is 2.11. The molecular weight excluding hydrogens is 382 g/mol. The molecule has 144 valence electrons. The van der Waals surface area contributed by atoms with Crippen LogP contribution in [-0.4, -0.2) is 37.6 Å². The number of aryl methyl sites for hydroxylation is 2. The summed E-state index contributed by atoms with van der Waals surface area (Å²) < 4.78 is 34.0. The summed E-state index contributed by atoms with van der Waals surface area (Å²) in [4.78, 5) is 2.28. The number of thiophene rings is 1. The fourth-order valence-electron chi connectivity index (χ4n) is 2.66. The Hall–Kier alpha value is -2.16. The average Bonchev–Trinajstić information content (AvgIpc) is 3.29. The second-order valence-corrected chi connectivity index (χ2v) is 9.32. The molecule has 0 aliphatic rings. The van der Waals surface area contributed by atoms with Crippen molar-refractivity contribution in [2.45, 2.75) is 12.8 Å². The zero-order valence-electron chi connectivity index (χ0n) is 15.4. The average molecular weight is 406 g/mol. The molecule has 0 spiro atoms. The van der Waals surface area contributed by atoms with Crippen LogP contribution in [0.25, 0.3) is 10.4 Å². The Morgan fingerprint density at radius 1 is 1.15 bits per heavy atom. The molecule has 1 N–H and O–H groups in total. The van der Waals surface area contributed by atoms with E-state index < -0.39 is 10.0 Å². The molecule has 0 fully saturated rings. The minimum Gasteiger partial charge on any atom is -0.497 e. The highest BCUT2D eigenvalue weighted by molar-refractivity contribution is 7.89. The van der Waals surface area contributed by atoms with Gasteiger partial charge in [0, 0.05) is 35.1 Å². The number of hydrogen-bond donors (Lipinski definition) is 1. The minimum absolute atomic E-state index is 0.0741. The summed E-state index contributed by atoms with van der Waals surface area (Å²) in [6.07, 6.45) is 4.95. The van der Waals surface area contributed by atoms with Gasteiger partial charge in [0.05, 0.1) is 19.1 Å². The zero-order chi connectivity index (χ0) is 19.3. The number of methoxy groups -OCH3 is 1. The molecule has 0 aliphatic heterocycles. The van der Waals surface area contributed by atoms with E-state index >= 15 is 0 Å². The van der Waals surface area contributed by atoms with Crippen LogP contribution in [0.3, 0.4) is 0 Å². The summed E-state index contributed by atoms with van der Waals surface area (Å²) in [6, 6.07) is 11.5. The van der Waals surface area contributed by atoms with Gasteiger partial charge in [-0.25, -0.2) is 13.1 Å². The summed E-state index contributed by atoms with van der Waals surface area (Å²) in [6.45, 7) is 0.401. The van der Waals surface area contributed by atoms with Gasteiger partial charge in [0.15, 0.2) is 0 Å². The van der Waals surface area contributed by atoms with Gasteiger partial charge < -0.3 is 4.74 Å². The van der Waals surface area contributed by atoms with E-state index in [2.05, 4.69) is 15.9 Å². The lowest BCUT2D eigenvalue weighted by Crippen LogP contribution is -2.29. The quantitative estimate of drug-likeness (QED) is 0.594. The van der Waals surface area contributed by atoms with Gasteiger partial charge in [-0.1, -0.05) is 12.1 Å². The Bertz CT molecular complexity index is 976. The van der Waals surface area contributed by atoms with Gasteiger partial charge in [0.25, 0.3) is 0 Å². The van der Waals surface area contributed by atoms with Crippen LogP contribution in [0, 0.1) is 0 Å². The molecule has 0 amide bonds. The lowest BCUT2D eigenvalue weighted by atomic mass is 10.2. The maximum Gasteiger partial charge on any atom is 0.211 e. The topological polar surface area (TPSA) is 73.2 Å². The summed E-state index contributed by atoms with van der Waals surface area (Å²) in [5, 5.41) is 4.18. The standard InChI is InChI=1S/C19H23N3O3S2/c1-22-14-16(13-20-22)19-8-7-18(26-19)9-11-21-27(23,24)12-10-15-3-5-17(25-2)6-4-15/h3-8,13-14,21H,9-12H2,1-2H3. The molecular formula is C19H23N3O3S2. The van der Waals surface area contributed by atoms with Crippen molar-refractivity contribution in [3.8, 4) is 16.2 Å². The Labute approximate surface area is 163 Å². The van der Waals surface area contributed by atoms with Crippen LogP contribution in [0.5, 0.6) is 5.75 Å². The maximum absolute atomic E-state index is 12.2. The van der Waals surface area contributed by atoms with Gasteiger partial charge in [-0.05, 0) is 42.7 Å². The number of benzene rings is 1. The predicted octanol–water partition coefficient (Wildman–Crippen LogP) is 2.86. The molecule has 0 unspecified atom stereocenters. The van der Waals surface area contributed by atoms with Gasteiger partial charge in [-0.3, -0.25) is 4.68 Å². The second kappa shape index (κ2) is 8.69. The number of hydrogen-bond acceptors (Lipinski definition) is 5. The van der Waals surface area contributed by atoms with Crippen molar-refractivity contribution in [1.29, 1.82) is 0 Å². The van der Waals surface area contributed by atoms with E-state index in [1.54, 1.807) is 23.1 Å². The van der Waals surface area contributed by atoms with Crippen LogP contribution >= 0.6 is 11.3 Å². The van der Waals surface area contributed by atoms with Crippen LogP contribution in [0.4, 0.5) is 0 Å². The fourth-order valence-corrected chi connectivity index (χ4v) is 4.71. The number of nitrogens with one attached hydrogen (secondary N) is 1. The molecule has 6 nitrogen and oxygen atoms in total. The summed E-state index contributed by atoms with van der Waals surface area (Å²) in [5.41, 5.74) is 2.05. The van der Waals surface area contributed by atoms with Crippen LogP contribution in [0.2, 0.25) is 0 Å². The molecule has 3 rings (SSSR count). The SMILES string of the molecule is COc1ccc(CCS(=O)(=O)NCCc2ccc(-c3cnn(C)c3)s2)cc1. The van der Waals surface area contributed by atoms with Gasteiger partial charge in [0.1, 0.15) is 5.75 Å². The Kier molecular flexibility index (Phi) is 6.30. The number of aromatic nitrogens is 2. The smallest absolute Gasteiger partial charge is 0.211 e. The molecule has 0 radical (unpaired) electrons. The predicted molar refractivity (Wildman–Crippen MR) is 109 cm³/mol. The third-order valence-electron chi connectivity index (χ3n) is 4.16. The Balaban J connectivity index is 1.46. The largest absolute Gasteiger partial charge is 0.497 e. The molecule has 0 saturated carbocycles. The van der Waals surface area contributed by atoms with Crippen LogP contribution in [-0.2, 0) is 29.9 Å². The van der Waals surface area contributed by atoms with Crippen molar-refractivity contribution in [2.75, 3.05) is 19.4 Å². The fraction of sp³-hybridized carbons (Fsp3) is 0.316. The van der Waals surface area contributed by atoms with E-state index in [0.29, 0.717) is 19.4 Å². The highest BCUT2D eigenvalue weighted by atomic mass is 32.2.